The van der Waals surface area contributed by atoms with Gasteiger partial charge < -0.3 is 4.90 Å². The summed E-state index contributed by atoms with van der Waals surface area (Å²) in [6, 6.07) is 4.25. The fourth-order valence-electron chi connectivity index (χ4n) is 3.88. The minimum absolute atomic E-state index is 0.869. The maximum Gasteiger partial charge on any atom is 0.0312 e. The zero-order valence-electron chi connectivity index (χ0n) is 13.2. The molecule has 0 spiro atoms. The van der Waals surface area contributed by atoms with Gasteiger partial charge in [-0.15, -0.1) is 0 Å². The van der Waals surface area contributed by atoms with E-state index in [1.54, 1.807) is 0 Å². The molecule has 0 amide bonds. The predicted octanol–water partition coefficient (Wildman–Crippen LogP) is 3.17. The minimum atomic E-state index is 0.869. The normalized spacial score (nSPS) is 25.6. The highest BCUT2D eigenvalue weighted by atomic mass is 15.2. The molecule has 0 radical (unpaired) electrons. The lowest BCUT2D eigenvalue weighted by Gasteiger charge is -2.35. The first-order valence-electron chi connectivity index (χ1n) is 8.74. The van der Waals surface area contributed by atoms with Gasteiger partial charge in [-0.25, -0.2) is 0 Å². The molecule has 2 fully saturated rings. The fraction of sp³-hybridized carbons (Fsp3) is 0.722. The summed E-state index contributed by atoms with van der Waals surface area (Å²) in [6.45, 7) is 7.59. The summed E-state index contributed by atoms with van der Waals surface area (Å²) in [5, 5.41) is 0. The smallest absolute Gasteiger partial charge is 0.0312 e. The van der Waals surface area contributed by atoms with E-state index in [2.05, 4.69) is 20.9 Å². The average molecular weight is 287 g/mol. The Morgan fingerprint density at radius 2 is 1.81 bits per heavy atom. The molecule has 0 aliphatic carbocycles. The van der Waals surface area contributed by atoms with Crippen molar-refractivity contribution in [3.63, 3.8) is 0 Å². The standard InChI is InChI=1S/C18H29N3/c1-2-4-11-20(10-3-1)15-18-8-6-12-21(16-18)14-17-7-5-9-19-13-17/h5,7,9,13,18H,1-4,6,8,10-12,14-16H2/t18-/m1/s1. The molecule has 1 aromatic rings. The van der Waals surface area contributed by atoms with Crippen molar-refractivity contribution in [2.75, 3.05) is 32.7 Å². The summed E-state index contributed by atoms with van der Waals surface area (Å²) < 4.78 is 0. The van der Waals surface area contributed by atoms with Crippen LogP contribution < -0.4 is 0 Å². The lowest BCUT2D eigenvalue weighted by Crippen LogP contribution is -2.41. The van der Waals surface area contributed by atoms with Crippen LogP contribution in [-0.4, -0.2) is 47.5 Å². The van der Waals surface area contributed by atoms with Gasteiger partial charge in [0.25, 0.3) is 0 Å². The lowest BCUT2D eigenvalue weighted by atomic mass is 9.97. The van der Waals surface area contributed by atoms with E-state index in [0.29, 0.717) is 0 Å². The molecule has 0 N–H and O–H groups in total. The highest BCUT2D eigenvalue weighted by Gasteiger charge is 2.22. The molecule has 3 heterocycles. The number of likely N-dealkylation sites (tertiary alicyclic amines) is 2. The molecule has 0 saturated carbocycles. The third-order valence-electron chi connectivity index (χ3n) is 4.95. The van der Waals surface area contributed by atoms with E-state index in [1.165, 1.54) is 76.8 Å². The van der Waals surface area contributed by atoms with Crippen molar-refractivity contribution in [1.29, 1.82) is 0 Å². The van der Waals surface area contributed by atoms with Gasteiger partial charge in [0.15, 0.2) is 0 Å². The van der Waals surface area contributed by atoms with Crippen molar-refractivity contribution < 1.29 is 0 Å². The van der Waals surface area contributed by atoms with E-state index < -0.39 is 0 Å². The molecule has 3 rings (SSSR count). The van der Waals surface area contributed by atoms with Gasteiger partial charge in [0.1, 0.15) is 0 Å². The van der Waals surface area contributed by atoms with Crippen molar-refractivity contribution in [2.45, 2.75) is 45.1 Å². The van der Waals surface area contributed by atoms with Gasteiger partial charge in [-0.2, -0.15) is 0 Å². The topological polar surface area (TPSA) is 19.4 Å². The van der Waals surface area contributed by atoms with Crippen LogP contribution in [-0.2, 0) is 6.54 Å². The van der Waals surface area contributed by atoms with Crippen molar-refractivity contribution >= 4 is 0 Å². The van der Waals surface area contributed by atoms with Gasteiger partial charge in [-0.1, -0.05) is 18.9 Å². The summed E-state index contributed by atoms with van der Waals surface area (Å²) in [7, 11) is 0. The third-order valence-corrected chi connectivity index (χ3v) is 4.95. The number of pyridine rings is 1. The van der Waals surface area contributed by atoms with E-state index in [-0.39, 0.29) is 0 Å². The molecule has 2 saturated heterocycles. The number of nitrogens with zero attached hydrogens (tertiary/aromatic N) is 3. The van der Waals surface area contributed by atoms with Crippen molar-refractivity contribution in [3.8, 4) is 0 Å². The summed E-state index contributed by atoms with van der Waals surface area (Å²) in [4.78, 5) is 9.59. The number of hydrogen-bond donors (Lipinski definition) is 0. The quantitative estimate of drug-likeness (QED) is 0.848. The Morgan fingerprint density at radius 1 is 1.00 bits per heavy atom. The number of hydrogen-bond acceptors (Lipinski definition) is 3. The molecule has 1 aromatic heterocycles. The minimum Gasteiger partial charge on any atom is -0.303 e. The maximum absolute atomic E-state index is 4.24. The SMILES string of the molecule is c1cncc(CN2CCC[C@H](CN3CCCCCC3)C2)c1. The van der Waals surface area contributed by atoms with Crippen molar-refractivity contribution in [3.05, 3.63) is 30.1 Å². The molecule has 21 heavy (non-hydrogen) atoms. The highest BCUT2D eigenvalue weighted by Crippen LogP contribution is 2.21. The van der Waals surface area contributed by atoms with E-state index in [0.717, 1.165) is 12.5 Å². The molecule has 0 aromatic carbocycles. The van der Waals surface area contributed by atoms with Gasteiger partial charge in [-0.05, 0) is 62.9 Å². The van der Waals surface area contributed by atoms with Crippen LogP contribution in [0.4, 0.5) is 0 Å². The largest absolute Gasteiger partial charge is 0.303 e. The summed E-state index contributed by atoms with van der Waals surface area (Å²) in [5.41, 5.74) is 1.35. The highest BCUT2D eigenvalue weighted by molar-refractivity contribution is 5.08. The Morgan fingerprint density at radius 3 is 2.57 bits per heavy atom. The molecule has 2 aliphatic heterocycles. The number of piperidine rings is 1. The Bertz CT molecular complexity index is 398. The first-order valence-corrected chi connectivity index (χ1v) is 8.74. The van der Waals surface area contributed by atoms with Gasteiger partial charge in [0.05, 0.1) is 0 Å². The molecular weight excluding hydrogens is 258 g/mol. The molecule has 2 aliphatic rings. The third kappa shape index (κ3) is 4.79. The van der Waals surface area contributed by atoms with Crippen LogP contribution in [0.2, 0.25) is 0 Å². The summed E-state index contributed by atoms with van der Waals surface area (Å²) in [6.07, 6.45) is 12.3. The molecule has 3 nitrogen and oxygen atoms in total. The average Bonchev–Trinajstić information content (AvgIpc) is 2.77. The zero-order valence-corrected chi connectivity index (χ0v) is 13.2. The fourth-order valence-corrected chi connectivity index (χ4v) is 3.88. The van der Waals surface area contributed by atoms with Gasteiger partial charge >= 0.3 is 0 Å². The number of rotatable bonds is 4. The Balaban J connectivity index is 1.48. The van der Waals surface area contributed by atoms with E-state index in [4.69, 9.17) is 0 Å². The molecule has 3 heteroatoms. The Labute approximate surface area is 129 Å². The van der Waals surface area contributed by atoms with Gasteiger partial charge in [0, 0.05) is 32.0 Å². The molecule has 116 valence electrons. The first kappa shape index (κ1) is 15.0. The van der Waals surface area contributed by atoms with Crippen LogP contribution >= 0.6 is 0 Å². The van der Waals surface area contributed by atoms with Crippen LogP contribution in [0.3, 0.4) is 0 Å². The second kappa shape index (κ2) is 7.90. The van der Waals surface area contributed by atoms with E-state index in [1.807, 2.05) is 18.5 Å². The van der Waals surface area contributed by atoms with E-state index >= 15 is 0 Å². The maximum atomic E-state index is 4.24. The summed E-state index contributed by atoms with van der Waals surface area (Å²) in [5.74, 6) is 0.869. The Kier molecular flexibility index (Phi) is 5.64. The first-order chi connectivity index (χ1) is 10.4. The second-order valence-electron chi connectivity index (χ2n) is 6.82. The molecule has 0 unspecified atom stereocenters. The molecular formula is C18H29N3. The monoisotopic (exact) mass is 287 g/mol. The number of aromatic nitrogens is 1. The molecule has 0 bridgehead atoms. The van der Waals surface area contributed by atoms with Crippen LogP contribution in [0, 0.1) is 5.92 Å². The Hall–Kier alpha value is -0.930. The second-order valence-corrected chi connectivity index (χ2v) is 6.82. The lowest BCUT2D eigenvalue weighted by molar-refractivity contribution is 0.129. The molecule has 1 atom stereocenters. The van der Waals surface area contributed by atoms with Crippen LogP contribution in [0.1, 0.15) is 44.1 Å². The summed E-state index contributed by atoms with van der Waals surface area (Å²) >= 11 is 0. The van der Waals surface area contributed by atoms with Gasteiger partial charge in [0.2, 0.25) is 0 Å². The predicted molar refractivity (Wildman–Crippen MR) is 87.1 cm³/mol. The van der Waals surface area contributed by atoms with E-state index in [9.17, 15) is 0 Å². The van der Waals surface area contributed by atoms with Crippen LogP contribution in [0.15, 0.2) is 24.5 Å². The van der Waals surface area contributed by atoms with Gasteiger partial charge in [-0.3, -0.25) is 9.88 Å². The van der Waals surface area contributed by atoms with Crippen LogP contribution in [0.5, 0.6) is 0 Å². The zero-order chi connectivity index (χ0) is 14.3. The van der Waals surface area contributed by atoms with Crippen molar-refractivity contribution in [2.24, 2.45) is 5.92 Å². The van der Waals surface area contributed by atoms with Crippen LogP contribution in [0.25, 0.3) is 0 Å². The van der Waals surface area contributed by atoms with Crippen molar-refractivity contribution in [1.82, 2.24) is 14.8 Å².